The highest BCUT2D eigenvalue weighted by Crippen LogP contribution is 2.30. The first-order chi connectivity index (χ1) is 14.9. The SMILES string of the molecule is Cc1c(-c2ccccc2)nc2ccccc2c1C(=O)OCC(=O)N1C[C@H](C)O[C@@H](C)C1. The maximum atomic E-state index is 13.1. The first-order valence-electron chi connectivity index (χ1n) is 10.5. The number of hydrogen-bond acceptors (Lipinski definition) is 5. The number of hydrogen-bond donors (Lipinski definition) is 0. The number of carbonyl (C=O) groups is 2. The van der Waals surface area contributed by atoms with Gasteiger partial charge in [0.25, 0.3) is 5.91 Å². The molecule has 1 saturated heterocycles. The van der Waals surface area contributed by atoms with Gasteiger partial charge in [-0.05, 0) is 32.4 Å². The van der Waals surface area contributed by atoms with Crippen LogP contribution in [0, 0.1) is 6.92 Å². The number of morpholine rings is 1. The van der Waals surface area contributed by atoms with Crippen LogP contribution in [0.5, 0.6) is 0 Å². The molecule has 4 rings (SSSR count). The summed E-state index contributed by atoms with van der Waals surface area (Å²) in [5.41, 5.74) is 3.54. The molecule has 2 heterocycles. The third kappa shape index (κ3) is 4.44. The number of carbonyl (C=O) groups excluding carboxylic acids is 2. The molecule has 6 heteroatoms. The number of fused-ring (bicyclic) bond motifs is 1. The molecule has 0 radical (unpaired) electrons. The van der Waals surface area contributed by atoms with Crippen molar-refractivity contribution in [3.8, 4) is 11.3 Å². The van der Waals surface area contributed by atoms with Crippen molar-refractivity contribution in [1.29, 1.82) is 0 Å². The molecule has 2 atom stereocenters. The van der Waals surface area contributed by atoms with Crippen molar-refractivity contribution < 1.29 is 19.1 Å². The Hall–Kier alpha value is -3.25. The minimum Gasteiger partial charge on any atom is -0.452 e. The van der Waals surface area contributed by atoms with Gasteiger partial charge in [0.2, 0.25) is 0 Å². The van der Waals surface area contributed by atoms with E-state index in [-0.39, 0.29) is 24.7 Å². The molecule has 1 fully saturated rings. The first-order valence-corrected chi connectivity index (χ1v) is 10.5. The highest BCUT2D eigenvalue weighted by Gasteiger charge is 2.27. The number of para-hydroxylation sites is 1. The second kappa shape index (κ2) is 8.86. The Bertz CT molecular complexity index is 1100. The Morgan fingerprint density at radius 2 is 1.68 bits per heavy atom. The van der Waals surface area contributed by atoms with Crippen molar-refractivity contribution in [2.75, 3.05) is 19.7 Å². The van der Waals surface area contributed by atoms with Gasteiger partial charge in [-0.2, -0.15) is 0 Å². The lowest BCUT2D eigenvalue weighted by Crippen LogP contribution is -2.49. The molecule has 31 heavy (non-hydrogen) atoms. The highest BCUT2D eigenvalue weighted by atomic mass is 16.5. The molecule has 1 aliphatic heterocycles. The van der Waals surface area contributed by atoms with Gasteiger partial charge < -0.3 is 14.4 Å². The topological polar surface area (TPSA) is 68.7 Å². The summed E-state index contributed by atoms with van der Waals surface area (Å²) in [6.07, 6.45) is -0.0774. The molecule has 2 aromatic carbocycles. The highest BCUT2D eigenvalue weighted by molar-refractivity contribution is 6.06. The van der Waals surface area contributed by atoms with Crippen LogP contribution in [0.1, 0.15) is 29.8 Å². The summed E-state index contributed by atoms with van der Waals surface area (Å²) < 4.78 is 11.2. The van der Waals surface area contributed by atoms with Crippen molar-refractivity contribution in [3.05, 3.63) is 65.7 Å². The zero-order valence-corrected chi connectivity index (χ0v) is 18.0. The molecule has 0 bridgehead atoms. The third-order valence-electron chi connectivity index (χ3n) is 5.49. The molecule has 0 spiro atoms. The van der Waals surface area contributed by atoms with E-state index >= 15 is 0 Å². The van der Waals surface area contributed by atoms with Crippen molar-refractivity contribution in [2.45, 2.75) is 33.0 Å². The molecule has 6 nitrogen and oxygen atoms in total. The second-order valence-electron chi connectivity index (χ2n) is 7.98. The Labute approximate surface area is 181 Å². The third-order valence-corrected chi connectivity index (χ3v) is 5.49. The van der Waals surface area contributed by atoms with Gasteiger partial charge in [-0.1, -0.05) is 48.5 Å². The van der Waals surface area contributed by atoms with Crippen molar-refractivity contribution in [1.82, 2.24) is 9.88 Å². The predicted molar refractivity (Wildman–Crippen MR) is 119 cm³/mol. The van der Waals surface area contributed by atoms with Gasteiger partial charge in [-0.3, -0.25) is 4.79 Å². The molecule has 1 aliphatic rings. The molecule has 0 saturated carbocycles. The van der Waals surface area contributed by atoms with Crippen LogP contribution in [-0.2, 0) is 14.3 Å². The smallest absolute Gasteiger partial charge is 0.339 e. The molecular formula is C25H26N2O4. The number of benzene rings is 2. The molecule has 0 unspecified atom stereocenters. The summed E-state index contributed by atoms with van der Waals surface area (Å²) in [7, 11) is 0. The zero-order chi connectivity index (χ0) is 22.0. The molecule has 1 amide bonds. The van der Waals surface area contributed by atoms with Crippen LogP contribution in [0.3, 0.4) is 0 Å². The number of ether oxygens (including phenoxy) is 2. The first kappa shape index (κ1) is 21.0. The van der Waals surface area contributed by atoms with Crippen molar-refractivity contribution in [3.63, 3.8) is 0 Å². The van der Waals surface area contributed by atoms with E-state index in [2.05, 4.69) is 0 Å². The maximum Gasteiger partial charge on any atom is 0.339 e. The lowest BCUT2D eigenvalue weighted by Gasteiger charge is -2.35. The number of amides is 1. The quantitative estimate of drug-likeness (QED) is 0.599. The van der Waals surface area contributed by atoms with Crippen LogP contribution in [0.25, 0.3) is 22.2 Å². The fourth-order valence-corrected chi connectivity index (χ4v) is 4.12. The number of rotatable bonds is 4. The van der Waals surface area contributed by atoms with E-state index in [0.717, 1.165) is 16.8 Å². The standard InChI is InChI=1S/C25H26N2O4/c1-16-13-27(14-17(2)31-16)22(28)15-30-25(29)23-18(3)24(19-9-5-4-6-10-19)26-21-12-8-7-11-20(21)23/h4-12,16-17H,13-15H2,1-3H3/t16-,17-/m0/s1. The molecular weight excluding hydrogens is 392 g/mol. The van der Waals surface area contributed by atoms with E-state index in [1.54, 1.807) is 4.90 Å². The second-order valence-corrected chi connectivity index (χ2v) is 7.98. The summed E-state index contributed by atoms with van der Waals surface area (Å²) in [5.74, 6) is -0.731. The number of nitrogens with zero attached hydrogens (tertiary/aromatic N) is 2. The van der Waals surface area contributed by atoms with Gasteiger partial charge in [0.1, 0.15) is 0 Å². The Morgan fingerprint density at radius 1 is 1.03 bits per heavy atom. The number of aromatic nitrogens is 1. The Morgan fingerprint density at radius 3 is 2.39 bits per heavy atom. The van der Waals surface area contributed by atoms with Crippen LogP contribution in [-0.4, -0.2) is 53.7 Å². The van der Waals surface area contributed by atoms with Gasteiger partial charge in [0.15, 0.2) is 6.61 Å². The van der Waals surface area contributed by atoms with Crippen molar-refractivity contribution in [2.24, 2.45) is 0 Å². The van der Waals surface area contributed by atoms with Crippen LogP contribution in [0.4, 0.5) is 0 Å². The normalized spacial score (nSPS) is 18.7. The van der Waals surface area contributed by atoms with Crippen LogP contribution >= 0.6 is 0 Å². The Kier molecular flexibility index (Phi) is 6.00. The van der Waals surface area contributed by atoms with Gasteiger partial charge >= 0.3 is 5.97 Å². The van der Waals surface area contributed by atoms with Crippen LogP contribution < -0.4 is 0 Å². The van der Waals surface area contributed by atoms with E-state index in [9.17, 15) is 9.59 Å². The molecule has 1 aromatic heterocycles. The number of esters is 1. The fraction of sp³-hybridized carbons (Fsp3) is 0.320. The maximum absolute atomic E-state index is 13.1. The Balaban J connectivity index is 1.62. The monoisotopic (exact) mass is 418 g/mol. The lowest BCUT2D eigenvalue weighted by atomic mass is 9.98. The summed E-state index contributed by atoms with van der Waals surface area (Å²) in [5, 5.41) is 0.714. The average Bonchev–Trinajstić information content (AvgIpc) is 2.76. The predicted octanol–water partition coefficient (Wildman–Crippen LogP) is 4.00. The minimum absolute atomic E-state index is 0.0387. The summed E-state index contributed by atoms with van der Waals surface area (Å²) in [6, 6.07) is 17.2. The van der Waals surface area contributed by atoms with Gasteiger partial charge in [0.05, 0.1) is 29.0 Å². The van der Waals surface area contributed by atoms with Gasteiger partial charge in [-0.15, -0.1) is 0 Å². The lowest BCUT2D eigenvalue weighted by molar-refractivity contribution is -0.146. The minimum atomic E-state index is -0.518. The molecule has 0 N–H and O–H groups in total. The van der Waals surface area contributed by atoms with Crippen molar-refractivity contribution >= 4 is 22.8 Å². The van der Waals surface area contributed by atoms with Crippen LogP contribution in [0.2, 0.25) is 0 Å². The van der Waals surface area contributed by atoms with Gasteiger partial charge in [0, 0.05) is 24.0 Å². The fourth-order valence-electron chi connectivity index (χ4n) is 4.12. The largest absolute Gasteiger partial charge is 0.452 e. The molecule has 160 valence electrons. The molecule has 3 aromatic rings. The summed E-state index contributed by atoms with van der Waals surface area (Å²) in [6.45, 7) is 6.42. The summed E-state index contributed by atoms with van der Waals surface area (Å²) >= 11 is 0. The van der Waals surface area contributed by atoms with E-state index in [0.29, 0.717) is 29.6 Å². The van der Waals surface area contributed by atoms with E-state index < -0.39 is 5.97 Å². The van der Waals surface area contributed by atoms with Crippen LogP contribution in [0.15, 0.2) is 54.6 Å². The molecule has 0 aliphatic carbocycles. The van der Waals surface area contributed by atoms with E-state index in [4.69, 9.17) is 14.5 Å². The van der Waals surface area contributed by atoms with Gasteiger partial charge in [-0.25, -0.2) is 9.78 Å². The summed E-state index contributed by atoms with van der Waals surface area (Å²) in [4.78, 5) is 32.2. The van der Waals surface area contributed by atoms with E-state index in [1.807, 2.05) is 75.4 Å². The number of pyridine rings is 1. The van der Waals surface area contributed by atoms with E-state index in [1.165, 1.54) is 0 Å². The average molecular weight is 418 g/mol. The zero-order valence-electron chi connectivity index (χ0n) is 18.0.